The van der Waals surface area contributed by atoms with Crippen molar-refractivity contribution in [2.24, 2.45) is 11.8 Å². The molecule has 2 unspecified atom stereocenters. The van der Waals surface area contributed by atoms with Crippen LogP contribution in [0.25, 0.3) is 0 Å². The molecule has 1 saturated carbocycles. The molecular formula is C11H18O2. The van der Waals surface area contributed by atoms with Gasteiger partial charge in [0.25, 0.3) is 0 Å². The first-order valence-electron chi connectivity index (χ1n) is 5.46. The van der Waals surface area contributed by atoms with Crippen LogP contribution in [0.5, 0.6) is 0 Å². The molecule has 1 saturated heterocycles. The zero-order valence-electron chi connectivity index (χ0n) is 8.13. The molecule has 0 bridgehead atoms. The molecule has 2 atom stereocenters. The van der Waals surface area contributed by atoms with Crippen molar-refractivity contribution in [3.63, 3.8) is 0 Å². The molecule has 0 aromatic heterocycles. The van der Waals surface area contributed by atoms with E-state index in [9.17, 15) is 4.79 Å². The number of hydrogen-bond acceptors (Lipinski definition) is 2. The van der Waals surface area contributed by atoms with Crippen LogP contribution in [-0.2, 0) is 9.53 Å². The molecule has 0 amide bonds. The van der Waals surface area contributed by atoms with E-state index < -0.39 is 0 Å². The summed E-state index contributed by atoms with van der Waals surface area (Å²) in [7, 11) is 0. The smallest absolute Gasteiger partial charge is 0.135 e. The van der Waals surface area contributed by atoms with E-state index in [1.54, 1.807) is 0 Å². The zero-order valence-corrected chi connectivity index (χ0v) is 8.13. The molecule has 0 aromatic carbocycles. The Balaban J connectivity index is 1.69. The molecule has 13 heavy (non-hydrogen) atoms. The first kappa shape index (κ1) is 9.20. The Labute approximate surface area is 79.7 Å². The third-order valence-electron chi connectivity index (χ3n) is 3.38. The highest BCUT2D eigenvalue weighted by molar-refractivity contribution is 5.82. The highest BCUT2D eigenvalue weighted by Crippen LogP contribution is 2.28. The van der Waals surface area contributed by atoms with Crippen LogP contribution in [0.4, 0.5) is 0 Å². The monoisotopic (exact) mass is 182 g/mol. The second-order valence-electron chi connectivity index (χ2n) is 4.36. The molecule has 2 rings (SSSR count). The molecule has 1 aliphatic carbocycles. The summed E-state index contributed by atoms with van der Waals surface area (Å²) in [4.78, 5) is 11.3. The van der Waals surface area contributed by atoms with Gasteiger partial charge in [0.1, 0.15) is 5.78 Å². The summed E-state index contributed by atoms with van der Waals surface area (Å²) < 4.78 is 5.31. The van der Waals surface area contributed by atoms with Crippen LogP contribution in [0.2, 0.25) is 0 Å². The summed E-state index contributed by atoms with van der Waals surface area (Å²) in [5, 5.41) is 0. The lowest BCUT2D eigenvalue weighted by molar-refractivity contribution is -0.120. The van der Waals surface area contributed by atoms with E-state index in [2.05, 4.69) is 0 Å². The Morgan fingerprint density at radius 3 is 2.85 bits per heavy atom. The molecule has 2 heteroatoms. The van der Waals surface area contributed by atoms with Crippen molar-refractivity contribution < 1.29 is 9.53 Å². The molecule has 0 spiro atoms. The van der Waals surface area contributed by atoms with Crippen LogP contribution in [0, 0.1) is 11.8 Å². The predicted molar refractivity (Wildman–Crippen MR) is 50.5 cm³/mol. The number of carbonyl (C=O) groups excluding carboxylic acids is 1. The van der Waals surface area contributed by atoms with Gasteiger partial charge < -0.3 is 4.74 Å². The lowest BCUT2D eigenvalue weighted by Crippen LogP contribution is -2.09. The molecule has 0 aromatic rings. The van der Waals surface area contributed by atoms with Gasteiger partial charge in [0.15, 0.2) is 0 Å². The van der Waals surface area contributed by atoms with Gasteiger partial charge in [-0.25, -0.2) is 0 Å². The molecule has 1 aliphatic heterocycles. The van der Waals surface area contributed by atoms with E-state index in [4.69, 9.17) is 4.74 Å². The number of ketones is 1. The fourth-order valence-electron chi connectivity index (χ4n) is 2.44. The van der Waals surface area contributed by atoms with E-state index in [1.165, 1.54) is 12.8 Å². The van der Waals surface area contributed by atoms with Crippen molar-refractivity contribution in [2.45, 2.75) is 38.5 Å². The van der Waals surface area contributed by atoms with Crippen molar-refractivity contribution in [1.29, 1.82) is 0 Å². The zero-order chi connectivity index (χ0) is 9.10. The third-order valence-corrected chi connectivity index (χ3v) is 3.38. The predicted octanol–water partition coefficient (Wildman–Crippen LogP) is 2.17. The van der Waals surface area contributed by atoms with Gasteiger partial charge in [0.05, 0.1) is 0 Å². The molecule has 2 nitrogen and oxygen atoms in total. The molecule has 2 aliphatic rings. The Bertz CT molecular complexity index is 183. The van der Waals surface area contributed by atoms with Crippen molar-refractivity contribution in [1.82, 2.24) is 0 Å². The topological polar surface area (TPSA) is 26.3 Å². The van der Waals surface area contributed by atoms with Crippen LogP contribution in [-0.4, -0.2) is 19.0 Å². The highest BCUT2D eigenvalue weighted by Gasteiger charge is 2.25. The van der Waals surface area contributed by atoms with Gasteiger partial charge in [0, 0.05) is 25.6 Å². The lowest BCUT2D eigenvalue weighted by Gasteiger charge is -2.10. The quantitative estimate of drug-likeness (QED) is 0.668. The van der Waals surface area contributed by atoms with E-state index in [0.29, 0.717) is 11.7 Å². The van der Waals surface area contributed by atoms with Gasteiger partial charge in [-0.2, -0.15) is 0 Å². The minimum atomic E-state index is 0.403. The molecule has 0 N–H and O–H groups in total. The van der Waals surface area contributed by atoms with Gasteiger partial charge in [-0.15, -0.1) is 0 Å². The lowest BCUT2D eigenvalue weighted by atomic mass is 9.94. The Hall–Kier alpha value is -0.370. The normalized spacial score (nSPS) is 34.3. The Morgan fingerprint density at radius 2 is 2.23 bits per heavy atom. The van der Waals surface area contributed by atoms with Gasteiger partial charge in [0.2, 0.25) is 0 Å². The second-order valence-corrected chi connectivity index (χ2v) is 4.36. The van der Waals surface area contributed by atoms with Crippen LogP contribution in [0.15, 0.2) is 0 Å². The Morgan fingerprint density at radius 1 is 1.31 bits per heavy atom. The van der Waals surface area contributed by atoms with E-state index in [-0.39, 0.29) is 0 Å². The SMILES string of the molecule is O=C1CCCC1CCC1CCOC1. The summed E-state index contributed by atoms with van der Waals surface area (Å²) in [5.41, 5.74) is 0. The fourth-order valence-corrected chi connectivity index (χ4v) is 2.44. The Kier molecular flexibility index (Phi) is 2.99. The van der Waals surface area contributed by atoms with Crippen LogP contribution in [0.3, 0.4) is 0 Å². The maximum Gasteiger partial charge on any atom is 0.135 e. The summed E-state index contributed by atoms with van der Waals surface area (Å²) >= 11 is 0. The third kappa shape index (κ3) is 2.31. The number of rotatable bonds is 3. The van der Waals surface area contributed by atoms with Gasteiger partial charge >= 0.3 is 0 Å². The largest absolute Gasteiger partial charge is 0.381 e. The summed E-state index contributed by atoms with van der Waals surface area (Å²) in [5.74, 6) is 1.66. The van der Waals surface area contributed by atoms with Crippen LogP contribution < -0.4 is 0 Å². The van der Waals surface area contributed by atoms with Crippen molar-refractivity contribution in [2.75, 3.05) is 13.2 Å². The van der Waals surface area contributed by atoms with Gasteiger partial charge in [-0.05, 0) is 38.0 Å². The van der Waals surface area contributed by atoms with E-state index in [1.807, 2.05) is 0 Å². The first-order valence-corrected chi connectivity index (χ1v) is 5.46. The number of hydrogen-bond donors (Lipinski definition) is 0. The van der Waals surface area contributed by atoms with Crippen LogP contribution >= 0.6 is 0 Å². The molecular weight excluding hydrogens is 164 g/mol. The molecule has 74 valence electrons. The van der Waals surface area contributed by atoms with E-state index in [0.717, 1.165) is 44.8 Å². The highest BCUT2D eigenvalue weighted by atomic mass is 16.5. The first-order chi connectivity index (χ1) is 6.36. The number of ether oxygens (including phenoxy) is 1. The standard InChI is InChI=1S/C11H18O2/c12-11-3-1-2-10(11)5-4-9-6-7-13-8-9/h9-10H,1-8H2. The van der Waals surface area contributed by atoms with Crippen molar-refractivity contribution in [3.8, 4) is 0 Å². The van der Waals surface area contributed by atoms with E-state index >= 15 is 0 Å². The maximum atomic E-state index is 11.3. The molecule has 1 heterocycles. The fraction of sp³-hybridized carbons (Fsp3) is 0.909. The van der Waals surface area contributed by atoms with Gasteiger partial charge in [-0.3, -0.25) is 4.79 Å². The molecule has 0 radical (unpaired) electrons. The van der Waals surface area contributed by atoms with Gasteiger partial charge in [-0.1, -0.05) is 0 Å². The maximum absolute atomic E-state index is 11.3. The summed E-state index contributed by atoms with van der Waals surface area (Å²) in [6.07, 6.45) is 6.65. The average Bonchev–Trinajstić information content (AvgIpc) is 2.72. The van der Waals surface area contributed by atoms with Crippen molar-refractivity contribution >= 4 is 5.78 Å². The number of carbonyl (C=O) groups is 1. The second kappa shape index (κ2) is 4.23. The minimum absolute atomic E-state index is 0.403. The number of Topliss-reactive ketones (excluding diaryl/α,β-unsaturated/α-hetero) is 1. The van der Waals surface area contributed by atoms with Crippen molar-refractivity contribution in [3.05, 3.63) is 0 Å². The summed E-state index contributed by atoms with van der Waals surface area (Å²) in [6, 6.07) is 0. The summed E-state index contributed by atoms with van der Waals surface area (Å²) in [6.45, 7) is 1.87. The average molecular weight is 182 g/mol. The molecule has 2 fully saturated rings. The van der Waals surface area contributed by atoms with Crippen LogP contribution in [0.1, 0.15) is 38.5 Å². The minimum Gasteiger partial charge on any atom is -0.381 e.